The third-order valence-electron chi connectivity index (χ3n) is 3.37. The Hall–Kier alpha value is -1.10. The fraction of sp³-hybridized carbons (Fsp3) is 0.857. The maximum absolute atomic E-state index is 11.7. The minimum atomic E-state index is -0.117. The Morgan fingerprint density at radius 3 is 2.16 bits per heavy atom. The molecule has 0 spiro atoms. The molecule has 5 nitrogen and oxygen atoms in total. The predicted octanol–water partition coefficient (Wildman–Crippen LogP) is 1.08. The van der Waals surface area contributed by atoms with Gasteiger partial charge in [-0.05, 0) is 19.3 Å². The van der Waals surface area contributed by atoms with Crippen LogP contribution in [-0.2, 0) is 14.3 Å². The Balaban J connectivity index is 2.08. The molecule has 0 aromatic rings. The summed E-state index contributed by atoms with van der Waals surface area (Å²) in [5, 5.41) is 5.74. The summed E-state index contributed by atoms with van der Waals surface area (Å²) in [5.41, 5.74) is 0. The van der Waals surface area contributed by atoms with Crippen LogP contribution >= 0.6 is 0 Å². The maximum Gasteiger partial charge on any atom is 0.223 e. The second-order valence-electron chi connectivity index (χ2n) is 5.08. The SMILES string of the molecule is CCCCCNC(=O)C1CC1C(=O)NCCCOC. The van der Waals surface area contributed by atoms with E-state index in [1.807, 2.05) is 0 Å². The van der Waals surface area contributed by atoms with Gasteiger partial charge in [0.05, 0.1) is 11.8 Å². The number of methoxy groups -OCH3 is 1. The highest BCUT2D eigenvalue weighted by Crippen LogP contribution is 2.38. The molecule has 2 N–H and O–H groups in total. The van der Waals surface area contributed by atoms with Crippen molar-refractivity contribution in [3.05, 3.63) is 0 Å². The minimum Gasteiger partial charge on any atom is -0.385 e. The van der Waals surface area contributed by atoms with E-state index in [1.54, 1.807) is 7.11 Å². The Kier molecular flexibility index (Phi) is 7.48. The number of nitrogens with one attached hydrogen (secondary N) is 2. The number of carbonyl (C=O) groups is 2. The maximum atomic E-state index is 11.7. The third kappa shape index (κ3) is 6.05. The van der Waals surface area contributed by atoms with Crippen molar-refractivity contribution in [1.82, 2.24) is 10.6 Å². The number of carbonyl (C=O) groups excluding carboxylic acids is 2. The average Bonchev–Trinajstić information content (AvgIpc) is 3.20. The zero-order valence-electron chi connectivity index (χ0n) is 12.0. The topological polar surface area (TPSA) is 67.4 Å². The van der Waals surface area contributed by atoms with E-state index in [9.17, 15) is 9.59 Å². The Labute approximate surface area is 115 Å². The summed E-state index contributed by atoms with van der Waals surface area (Å²) in [7, 11) is 1.64. The second kappa shape index (κ2) is 8.91. The number of hydrogen-bond donors (Lipinski definition) is 2. The molecule has 0 aromatic carbocycles. The first-order valence-electron chi connectivity index (χ1n) is 7.25. The third-order valence-corrected chi connectivity index (χ3v) is 3.37. The average molecular weight is 270 g/mol. The highest BCUT2D eigenvalue weighted by atomic mass is 16.5. The fourth-order valence-electron chi connectivity index (χ4n) is 2.05. The van der Waals surface area contributed by atoms with Gasteiger partial charge in [0.2, 0.25) is 11.8 Å². The van der Waals surface area contributed by atoms with Gasteiger partial charge in [0.25, 0.3) is 0 Å². The van der Waals surface area contributed by atoms with Gasteiger partial charge in [-0.25, -0.2) is 0 Å². The monoisotopic (exact) mass is 270 g/mol. The van der Waals surface area contributed by atoms with Crippen LogP contribution in [0.4, 0.5) is 0 Å². The summed E-state index contributed by atoms with van der Waals surface area (Å²) in [5.74, 6) is -0.185. The van der Waals surface area contributed by atoms with Crippen LogP contribution in [0.3, 0.4) is 0 Å². The quantitative estimate of drug-likeness (QED) is 0.584. The lowest BCUT2D eigenvalue weighted by Crippen LogP contribution is -2.31. The molecule has 110 valence electrons. The van der Waals surface area contributed by atoms with Crippen molar-refractivity contribution in [3.63, 3.8) is 0 Å². The predicted molar refractivity (Wildman–Crippen MR) is 73.6 cm³/mol. The largest absolute Gasteiger partial charge is 0.385 e. The minimum absolute atomic E-state index is 0.00445. The molecular formula is C14H26N2O3. The summed E-state index contributed by atoms with van der Waals surface area (Å²) in [6.07, 6.45) is 4.79. The first kappa shape index (κ1) is 16.0. The van der Waals surface area contributed by atoms with E-state index in [2.05, 4.69) is 17.6 Å². The Morgan fingerprint density at radius 1 is 1.05 bits per heavy atom. The van der Waals surface area contributed by atoms with E-state index in [1.165, 1.54) is 0 Å². The lowest BCUT2D eigenvalue weighted by atomic mass is 10.2. The molecule has 1 aliphatic carbocycles. The first-order chi connectivity index (χ1) is 9.20. The van der Waals surface area contributed by atoms with Crippen LogP contribution in [0.15, 0.2) is 0 Å². The highest BCUT2D eigenvalue weighted by Gasteiger charge is 2.47. The van der Waals surface area contributed by atoms with E-state index < -0.39 is 0 Å². The molecule has 5 heteroatoms. The molecule has 0 aliphatic heterocycles. The molecule has 0 heterocycles. The van der Waals surface area contributed by atoms with Gasteiger partial charge in [-0.1, -0.05) is 19.8 Å². The molecule has 19 heavy (non-hydrogen) atoms. The van der Waals surface area contributed by atoms with E-state index in [0.29, 0.717) is 19.6 Å². The molecule has 0 aromatic heterocycles. The summed E-state index contributed by atoms with van der Waals surface area (Å²) in [4.78, 5) is 23.5. The van der Waals surface area contributed by atoms with Crippen molar-refractivity contribution >= 4 is 11.8 Å². The molecule has 1 saturated carbocycles. The molecule has 2 atom stereocenters. The van der Waals surface area contributed by atoms with Gasteiger partial charge in [-0.3, -0.25) is 9.59 Å². The molecule has 1 rings (SSSR count). The summed E-state index contributed by atoms with van der Waals surface area (Å²) >= 11 is 0. The van der Waals surface area contributed by atoms with Crippen molar-refractivity contribution in [2.75, 3.05) is 26.8 Å². The van der Waals surface area contributed by atoms with E-state index in [-0.39, 0.29) is 23.7 Å². The van der Waals surface area contributed by atoms with Gasteiger partial charge >= 0.3 is 0 Å². The van der Waals surface area contributed by atoms with Crippen LogP contribution in [0.1, 0.15) is 39.0 Å². The zero-order chi connectivity index (χ0) is 14.1. The van der Waals surface area contributed by atoms with Crippen LogP contribution in [0, 0.1) is 11.8 Å². The van der Waals surface area contributed by atoms with Gasteiger partial charge in [-0.15, -0.1) is 0 Å². The van der Waals surface area contributed by atoms with E-state index in [0.717, 1.165) is 32.2 Å². The smallest absolute Gasteiger partial charge is 0.223 e. The van der Waals surface area contributed by atoms with Crippen LogP contribution < -0.4 is 10.6 Å². The Bertz CT molecular complexity index is 266. The molecule has 2 amide bonds. The van der Waals surface area contributed by atoms with Crippen molar-refractivity contribution in [1.29, 1.82) is 0 Å². The molecule has 0 radical (unpaired) electrons. The highest BCUT2D eigenvalue weighted by molar-refractivity contribution is 5.92. The second-order valence-corrected chi connectivity index (χ2v) is 5.08. The molecule has 0 saturated heterocycles. The normalized spacial score (nSPS) is 20.9. The number of rotatable bonds is 10. The number of unbranched alkanes of at least 4 members (excludes halogenated alkanes) is 2. The van der Waals surface area contributed by atoms with E-state index >= 15 is 0 Å². The van der Waals surface area contributed by atoms with Crippen molar-refractivity contribution in [2.24, 2.45) is 11.8 Å². The molecule has 1 aliphatic rings. The van der Waals surface area contributed by atoms with Gasteiger partial charge in [-0.2, -0.15) is 0 Å². The first-order valence-corrected chi connectivity index (χ1v) is 7.25. The number of hydrogen-bond acceptors (Lipinski definition) is 3. The fourth-order valence-corrected chi connectivity index (χ4v) is 2.05. The molecular weight excluding hydrogens is 244 g/mol. The molecule has 1 fully saturated rings. The van der Waals surface area contributed by atoms with Gasteiger partial charge in [0.1, 0.15) is 0 Å². The summed E-state index contributed by atoms with van der Waals surface area (Å²) < 4.78 is 4.91. The van der Waals surface area contributed by atoms with Crippen LogP contribution in [0.2, 0.25) is 0 Å². The van der Waals surface area contributed by atoms with Gasteiger partial charge in [0, 0.05) is 26.8 Å². The van der Waals surface area contributed by atoms with E-state index in [4.69, 9.17) is 4.74 Å². The van der Waals surface area contributed by atoms with Gasteiger partial charge < -0.3 is 15.4 Å². The zero-order valence-corrected chi connectivity index (χ0v) is 12.0. The lowest BCUT2D eigenvalue weighted by molar-refractivity contribution is -0.127. The summed E-state index contributed by atoms with van der Waals surface area (Å²) in [6.45, 7) is 4.12. The lowest BCUT2D eigenvalue weighted by Gasteiger charge is -2.05. The van der Waals surface area contributed by atoms with Crippen LogP contribution in [-0.4, -0.2) is 38.6 Å². The molecule has 2 unspecified atom stereocenters. The van der Waals surface area contributed by atoms with Crippen LogP contribution in [0.5, 0.6) is 0 Å². The van der Waals surface area contributed by atoms with Crippen LogP contribution in [0.25, 0.3) is 0 Å². The summed E-state index contributed by atoms with van der Waals surface area (Å²) in [6, 6.07) is 0. The number of amides is 2. The standard InChI is InChI=1S/C14H26N2O3/c1-3-4-5-7-15-13(17)11-10-12(11)14(18)16-8-6-9-19-2/h11-12H,3-10H2,1-2H3,(H,15,17)(H,16,18). The van der Waals surface area contributed by atoms with Crippen molar-refractivity contribution in [2.45, 2.75) is 39.0 Å². The molecule has 0 bridgehead atoms. The Morgan fingerprint density at radius 2 is 1.63 bits per heavy atom. The van der Waals surface area contributed by atoms with Crippen molar-refractivity contribution < 1.29 is 14.3 Å². The van der Waals surface area contributed by atoms with Gasteiger partial charge in [0.15, 0.2) is 0 Å². The number of ether oxygens (including phenoxy) is 1. The van der Waals surface area contributed by atoms with Crippen molar-refractivity contribution in [3.8, 4) is 0 Å².